The first-order valence-electron chi connectivity index (χ1n) is 5.23. The predicted octanol–water partition coefficient (Wildman–Crippen LogP) is 3.26. The van der Waals surface area contributed by atoms with Crippen molar-refractivity contribution in [2.24, 2.45) is 0 Å². The molecule has 0 saturated carbocycles. The van der Waals surface area contributed by atoms with Crippen LogP contribution in [0.3, 0.4) is 0 Å². The van der Waals surface area contributed by atoms with Crippen LogP contribution < -0.4 is 14.2 Å². The highest BCUT2D eigenvalue weighted by molar-refractivity contribution is 9.09. The fourth-order valence-electron chi connectivity index (χ4n) is 1.33. The third kappa shape index (κ3) is 3.59. The molecule has 16 heavy (non-hydrogen) atoms. The Balaban J connectivity index is 2.67. The topological polar surface area (TPSA) is 27.7 Å². The van der Waals surface area contributed by atoms with Gasteiger partial charge in [0.1, 0.15) is 0 Å². The number of hydrogen-bond donors (Lipinski definition) is 0. The number of benzene rings is 1. The molecule has 0 fully saturated rings. The summed E-state index contributed by atoms with van der Waals surface area (Å²) in [5.41, 5.74) is 0. The van der Waals surface area contributed by atoms with Gasteiger partial charge in [-0.05, 0) is 25.0 Å². The Kier molecular flexibility index (Phi) is 6.08. The molecule has 0 atom stereocenters. The summed E-state index contributed by atoms with van der Waals surface area (Å²) in [5, 5.41) is 0.999. The molecule has 0 amide bonds. The number of hydrogen-bond acceptors (Lipinski definition) is 3. The van der Waals surface area contributed by atoms with Crippen molar-refractivity contribution in [1.29, 1.82) is 0 Å². The molecule has 1 rings (SSSR count). The van der Waals surface area contributed by atoms with Crippen molar-refractivity contribution in [1.82, 2.24) is 0 Å². The van der Waals surface area contributed by atoms with E-state index in [1.54, 1.807) is 14.2 Å². The quantitative estimate of drug-likeness (QED) is 0.569. The minimum absolute atomic E-state index is 0.669. The first-order valence-corrected chi connectivity index (χ1v) is 6.35. The molecule has 0 aliphatic heterocycles. The van der Waals surface area contributed by atoms with Gasteiger partial charge in [0, 0.05) is 5.33 Å². The second-order valence-corrected chi connectivity index (χ2v) is 4.03. The second-order valence-electron chi connectivity index (χ2n) is 3.24. The highest BCUT2D eigenvalue weighted by Gasteiger charge is 2.10. The number of ether oxygens (including phenoxy) is 3. The number of unbranched alkanes of at least 4 members (excludes halogenated alkanes) is 1. The molecule has 0 aromatic heterocycles. The van der Waals surface area contributed by atoms with Gasteiger partial charge in [-0.15, -0.1) is 0 Å². The zero-order chi connectivity index (χ0) is 11.8. The van der Waals surface area contributed by atoms with E-state index in [0.29, 0.717) is 23.9 Å². The minimum Gasteiger partial charge on any atom is -0.493 e. The highest BCUT2D eigenvalue weighted by Crippen LogP contribution is 2.36. The van der Waals surface area contributed by atoms with E-state index in [1.807, 2.05) is 18.2 Å². The largest absolute Gasteiger partial charge is 0.493 e. The molecule has 0 heterocycles. The Morgan fingerprint density at radius 1 is 1.06 bits per heavy atom. The van der Waals surface area contributed by atoms with E-state index in [1.165, 1.54) is 0 Å². The molecule has 0 N–H and O–H groups in total. The van der Waals surface area contributed by atoms with Crippen LogP contribution in [0, 0.1) is 0 Å². The molecule has 0 saturated heterocycles. The minimum atomic E-state index is 0.669. The molecule has 0 aliphatic carbocycles. The first kappa shape index (κ1) is 13.2. The number of alkyl halides is 1. The predicted molar refractivity (Wildman–Crippen MR) is 68.1 cm³/mol. The fraction of sp³-hybridized carbons (Fsp3) is 0.500. The van der Waals surface area contributed by atoms with Gasteiger partial charge in [-0.1, -0.05) is 22.0 Å². The maximum absolute atomic E-state index is 5.68. The van der Waals surface area contributed by atoms with E-state index < -0.39 is 0 Å². The van der Waals surface area contributed by atoms with Crippen molar-refractivity contribution >= 4 is 15.9 Å². The van der Waals surface area contributed by atoms with Crippen LogP contribution in [-0.2, 0) is 0 Å². The summed E-state index contributed by atoms with van der Waals surface area (Å²) in [4.78, 5) is 0. The molecule has 0 spiro atoms. The van der Waals surface area contributed by atoms with Gasteiger partial charge in [0.2, 0.25) is 5.75 Å². The van der Waals surface area contributed by atoms with Crippen LogP contribution in [0.25, 0.3) is 0 Å². The Labute approximate surface area is 105 Å². The van der Waals surface area contributed by atoms with Crippen molar-refractivity contribution in [2.75, 3.05) is 26.2 Å². The molecule has 0 radical (unpaired) electrons. The smallest absolute Gasteiger partial charge is 0.203 e. The van der Waals surface area contributed by atoms with Gasteiger partial charge in [-0.2, -0.15) is 0 Å². The van der Waals surface area contributed by atoms with Crippen LogP contribution in [-0.4, -0.2) is 26.2 Å². The third-order valence-corrected chi connectivity index (χ3v) is 2.72. The molecule has 0 aliphatic rings. The Morgan fingerprint density at radius 3 is 2.19 bits per heavy atom. The summed E-state index contributed by atoms with van der Waals surface area (Å²) in [5.74, 6) is 2.10. The molecular formula is C12H17BrO3. The lowest BCUT2D eigenvalue weighted by Crippen LogP contribution is -2.01. The zero-order valence-electron chi connectivity index (χ0n) is 9.66. The van der Waals surface area contributed by atoms with Gasteiger partial charge in [0.15, 0.2) is 11.5 Å². The number of methoxy groups -OCH3 is 2. The highest BCUT2D eigenvalue weighted by atomic mass is 79.9. The monoisotopic (exact) mass is 288 g/mol. The lowest BCUT2D eigenvalue weighted by molar-refractivity contribution is 0.270. The summed E-state index contributed by atoms with van der Waals surface area (Å²) in [7, 11) is 3.25. The Morgan fingerprint density at radius 2 is 1.69 bits per heavy atom. The van der Waals surface area contributed by atoms with Crippen LogP contribution >= 0.6 is 15.9 Å². The second kappa shape index (κ2) is 7.39. The first-order chi connectivity index (χ1) is 7.83. The van der Waals surface area contributed by atoms with E-state index in [4.69, 9.17) is 14.2 Å². The van der Waals surface area contributed by atoms with Gasteiger partial charge in [-0.25, -0.2) is 0 Å². The Bertz CT molecular complexity index is 293. The number of halogens is 1. The summed E-state index contributed by atoms with van der Waals surface area (Å²) in [6.07, 6.45) is 2.10. The van der Waals surface area contributed by atoms with Gasteiger partial charge in [0.05, 0.1) is 20.8 Å². The van der Waals surface area contributed by atoms with Crippen LogP contribution in [0.1, 0.15) is 12.8 Å². The van der Waals surface area contributed by atoms with Gasteiger partial charge in [0.25, 0.3) is 0 Å². The van der Waals surface area contributed by atoms with Gasteiger partial charge >= 0.3 is 0 Å². The van der Waals surface area contributed by atoms with Crippen LogP contribution in [0.15, 0.2) is 18.2 Å². The van der Waals surface area contributed by atoms with Crippen molar-refractivity contribution in [3.05, 3.63) is 18.2 Å². The third-order valence-electron chi connectivity index (χ3n) is 2.16. The normalized spacial score (nSPS) is 9.94. The van der Waals surface area contributed by atoms with Crippen LogP contribution in [0.5, 0.6) is 17.2 Å². The zero-order valence-corrected chi connectivity index (χ0v) is 11.2. The maximum Gasteiger partial charge on any atom is 0.203 e. The molecule has 0 unspecified atom stereocenters. The molecule has 3 nitrogen and oxygen atoms in total. The molecule has 1 aromatic rings. The summed E-state index contributed by atoms with van der Waals surface area (Å²) in [6, 6.07) is 5.60. The van der Waals surface area contributed by atoms with Crippen LogP contribution in [0.4, 0.5) is 0 Å². The molecule has 90 valence electrons. The summed E-state index contributed by atoms with van der Waals surface area (Å²) >= 11 is 3.39. The number of para-hydroxylation sites is 1. The van der Waals surface area contributed by atoms with Crippen molar-refractivity contribution in [3.63, 3.8) is 0 Å². The van der Waals surface area contributed by atoms with Crippen molar-refractivity contribution in [2.45, 2.75) is 12.8 Å². The standard InChI is InChI=1S/C12H17BrO3/c1-14-10-6-5-7-11(15-2)12(10)16-9-4-3-8-13/h5-7H,3-4,8-9H2,1-2H3. The lowest BCUT2D eigenvalue weighted by Gasteiger charge is -2.13. The van der Waals surface area contributed by atoms with Crippen LogP contribution in [0.2, 0.25) is 0 Å². The van der Waals surface area contributed by atoms with E-state index in [2.05, 4.69) is 15.9 Å². The SMILES string of the molecule is COc1cccc(OC)c1OCCCCBr. The lowest BCUT2D eigenvalue weighted by atomic mass is 10.3. The van der Waals surface area contributed by atoms with Crippen molar-refractivity contribution < 1.29 is 14.2 Å². The number of rotatable bonds is 7. The van der Waals surface area contributed by atoms with E-state index in [9.17, 15) is 0 Å². The average molecular weight is 289 g/mol. The average Bonchev–Trinajstić information content (AvgIpc) is 2.34. The summed E-state index contributed by atoms with van der Waals surface area (Å²) < 4.78 is 16.1. The molecule has 0 bridgehead atoms. The van der Waals surface area contributed by atoms with Gasteiger partial charge in [-0.3, -0.25) is 0 Å². The Hall–Kier alpha value is -0.900. The molecular weight excluding hydrogens is 272 g/mol. The van der Waals surface area contributed by atoms with E-state index >= 15 is 0 Å². The van der Waals surface area contributed by atoms with Crippen molar-refractivity contribution in [3.8, 4) is 17.2 Å². The molecule has 4 heteroatoms. The summed E-state index contributed by atoms with van der Waals surface area (Å²) in [6.45, 7) is 0.669. The van der Waals surface area contributed by atoms with Gasteiger partial charge < -0.3 is 14.2 Å². The maximum atomic E-state index is 5.68. The van der Waals surface area contributed by atoms with E-state index in [0.717, 1.165) is 18.2 Å². The fourth-order valence-corrected chi connectivity index (χ4v) is 1.73. The van der Waals surface area contributed by atoms with E-state index in [-0.39, 0.29) is 0 Å². The molecule has 1 aromatic carbocycles.